The number of ether oxygens (including phenoxy) is 1. The zero-order valence-corrected chi connectivity index (χ0v) is 24.4. The van der Waals surface area contributed by atoms with E-state index in [1.54, 1.807) is 19.2 Å². The van der Waals surface area contributed by atoms with Crippen LogP contribution in [0.15, 0.2) is 42.5 Å². The predicted molar refractivity (Wildman–Crippen MR) is 161 cm³/mol. The minimum absolute atomic E-state index is 0.0260. The molecule has 11 heteroatoms. The summed E-state index contributed by atoms with van der Waals surface area (Å²) in [6, 6.07) is 10.9. The van der Waals surface area contributed by atoms with Crippen LogP contribution in [-0.2, 0) is 13.6 Å². The molecule has 3 atom stereocenters. The van der Waals surface area contributed by atoms with Crippen molar-refractivity contribution in [2.45, 2.75) is 44.3 Å². The van der Waals surface area contributed by atoms with Crippen LogP contribution in [0.25, 0.3) is 44.8 Å². The maximum absolute atomic E-state index is 14.8. The van der Waals surface area contributed by atoms with Crippen LogP contribution >= 0.6 is 0 Å². The number of hydrogen-bond donors (Lipinski definition) is 2. The van der Waals surface area contributed by atoms with Crippen LogP contribution in [0, 0.1) is 23.5 Å². The average molecular weight is 599 g/mol. The molecule has 2 aromatic carbocycles. The minimum Gasteiger partial charge on any atom is -0.505 e. The lowest BCUT2D eigenvalue weighted by molar-refractivity contribution is 0.0700. The molecule has 0 radical (unpaired) electrons. The van der Waals surface area contributed by atoms with Crippen LogP contribution < -0.4 is 10.5 Å². The lowest BCUT2D eigenvalue weighted by atomic mass is 10.1. The number of nitrogens with zero attached hydrogens (tertiary/aromatic N) is 5. The molecule has 5 aromatic rings. The van der Waals surface area contributed by atoms with E-state index in [1.807, 2.05) is 34.7 Å². The van der Waals surface area contributed by atoms with Crippen LogP contribution in [-0.4, -0.2) is 60.8 Å². The van der Waals surface area contributed by atoms with Crippen LogP contribution in [0.4, 0.5) is 8.78 Å². The summed E-state index contributed by atoms with van der Waals surface area (Å²) in [4.78, 5) is 25.4. The number of likely N-dealkylation sites (tertiary alicyclic amines) is 1. The highest BCUT2D eigenvalue weighted by molar-refractivity contribution is 6.00. The van der Waals surface area contributed by atoms with Crippen LogP contribution in [0.3, 0.4) is 0 Å². The molecular formula is C33H32F2N6O3. The molecule has 2 saturated carbocycles. The highest BCUT2D eigenvalue weighted by Crippen LogP contribution is 2.40. The molecule has 3 aromatic heterocycles. The van der Waals surface area contributed by atoms with E-state index >= 15 is 0 Å². The number of pyridine rings is 1. The number of phenols is 1. The molecular weight excluding hydrogens is 566 g/mol. The maximum Gasteiger partial charge on any atom is 0.254 e. The monoisotopic (exact) mass is 598 g/mol. The Bertz CT molecular complexity index is 2000. The highest BCUT2D eigenvalue weighted by atomic mass is 19.1. The number of imidazole rings is 1. The fraction of sp³-hybridized carbons (Fsp3) is 0.364. The van der Waals surface area contributed by atoms with Gasteiger partial charge in [0.2, 0.25) is 0 Å². The number of carbonyl (C=O) groups excluding carboxylic acids is 1. The summed E-state index contributed by atoms with van der Waals surface area (Å²) in [6.07, 6.45) is 4.19. The van der Waals surface area contributed by atoms with Gasteiger partial charge in [0.1, 0.15) is 22.7 Å². The van der Waals surface area contributed by atoms with Gasteiger partial charge in [-0.2, -0.15) is 0 Å². The number of fused-ring (bicyclic) bond motifs is 4. The fourth-order valence-electron chi connectivity index (χ4n) is 7.21. The van der Waals surface area contributed by atoms with Crippen molar-refractivity contribution in [2.24, 2.45) is 24.6 Å². The summed E-state index contributed by atoms with van der Waals surface area (Å²) in [5.74, 6) is -0.418. The van der Waals surface area contributed by atoms with Crippen molar-refractivity contribution in [3.05, 3.63) is 59.7 Å². The Morgan fingerprint density at radius 2 is 1.89 bits per heavy atom. The molecule has 1 saturated heterocycles. The Hall–Kier alpha value is -4.51. The molecule has 0 unspecified atom stereocenters. The molecule has 3 N–H and O–H groups in total. The SMILES string of the molecule is COc1cc(C(=O)N2C[C@H]3CC[C@@H]2[C@@H]3N)cc2nc(-c3cc4ccc(-c5cc(F)c(O)cc5F)nc4n3CC3CC3)n(C)c12. The lowest BCUT2D eigenvalue weighted by Gasteiger charge is -2.27. The first-order chi connectivity index (χ1) is 21.2. The summed E-state index contributed by atoms with van der Waals surface area (Å²) in [7, 11) is 3.50. The van der Waals surface area contributed by atoms with E-state index in [2.05, 4.69) is 4.57 Å². The minimum atomic E-state index is -0.913. The number of nitrogens with two attached hydrogens (primary N) is 1. The fourth-order valence-corrected chi connectivity index (χ4v) is 7.21. The van der Waals surface area contributed by atoms with Gasteiger partial charge in [0.25, 0.3) is 5.91 Å². The van der Waals surface area contributed by atoms with Crippen molar-refractivity contribution in [1.82, 2.24) is 24.0 Å². The normalized spacial score (nSPS) is 21.2. The Kier molecular flexibility index (Phi) is 6.00. The van der Waals surface area contributed by atoms with Crippen LogP contribution in [0.5, 0.6) is 11.5 Å². The van der Waals surface area contributed by atoms with E-state index in [0.29, 0.717) is 53.2 Å². The van der Waals surface area contributed by atoms with Gasteiger partial charge < -0.3 is 29.6 Å². The molecule has 4 heterocycles. The summed E-state index contributed by atoms with van der Waals surface area (Å²) in [5, 5.41) is 10.4. The number of benzene rings is 2. The smallest absolute Gasteiger partial charge is 0.254 e. The van der Waals surface area contributed by atoms with E-state index in [-0.39, 0.29) is 29.2 Å². The second-order valence-electron chi connectivity index (χ2n) is 12.5. The first-order valence-electron chi connectivity index (χ1n) is 15.0. The molecule has 1 amide bonds. The number of carbonyl (C=O) groups is 1. The number of rotatable bonds is 6. The summed E-state index contributed by atoms with van der Waals surface area (Å²) in [5.41, 5.74) is 10.00. The summed E-state index contributed by atoms with van der Waals surface area (Å²) >= 11 is 0. The number of halogens is 2. The Labute approximate surface area is 251 Å². The molecule has 9 nitrogen and oxygen atoms in total. The first kappa shape index (κ1) is 27.1. The highest BCUT2D eigenvalue weighted by Gasteiger charge is 2.47. The number of amides is 1. The van der Waals surface area contributed by atoms with E-state index in [4.69, 9.17) is 20.4 Å². The molecule has 44 heavy (non-hydrogen) atoms. The van der Waals surface area contributed by atoms with Gasteiger partial charge in [-0.15, -0.1) is 0 Å². The van der Waals surface area contributed by atoms with Gasteiger partial charge in [0, 0.05) is 54.8 Å². The second-order valence-corrected chi connectivity index (χ2v) is 12.5. The second kappa shape index (κ2) is 9.75. The number of hydrogen-bond acceptors (Lipinski definition) is 6. The average Bonchev–Trinajstić information content (AvgIpc) is 3.42. The van der Waals surface area contributed by atoms with Gasteiger partial charge in [-0.25, -0.2) is 18.7 Å². The van der Waals surface area contributed by atoms with Crippen LogP contribution in [0.1, 0.15) is 36.0 Å². The number of methoxy groups -OCH3 is 1. The van der Waals surface area contributed by atoms with Crippen molar-refractivity contribution in [3.63, 3.8) is 0 Å². The number of aromatic nitrogens is 4. The number of aromatic hydroxyl groups is 1. The van der Waals surface area contributed by atoms with E-state index in [9.17, 15) is 18.7 Å². The molecule has 3 aliphatic rings. The van der Waals surface area contributed by atoms with E-state index in [0.717, 1.165) is 54.4 Å². The number of piperidine rings is 1. The zero-order valence-electron chi connectivity index (χ0n) is 24.4. The van der Waals surface area contributed by atoms with Gasteiger partial charge in [-0.1, -0.05) is 0 Å². The molecule has 8 rings (SSSR count). The largest absolute Gasteiger partial charge is 0.505 e. The quantitative estimate of drug-likeness (QED) is 0.277. The summed E-state index contributed by atoms with van der Waals surface area (Å²) < 4.78 is 38.8. The van der Waals surface area contributed by atoms with Crippen molar-refractivity contribution < 1.29 is 23.4 Å². The molecule has 3 fully saturated rings. The van der Waals surface area contributed by atoms with Crippen molar-refractivity contribution in [2.75, 3.05) is 13.7 Å². The van der Waals surface area contributed by atoms with Gasteiger partial charge in [-0.3, -0.25) is 4.79 Å². The molecule has 2 bridgehead atoms. The van der Waals surface area contributed by atoms with Crippen molar-refractivity contribution >= 4 is 28.0 Å². The third-order valence-electron chi connectivity index (χ3n) is 9.74. The standard InChI is InChI=1S/C33H32F2N6O3/c1-39-30-24(9-19(11-28(30)44-2)33(43)41-15-18-6-8-25(41)29(18)36)38-32(39)26-10-17-5-7-23(20-12-22(35)27(42)13-21(20)34)37-31(17)40(26)14-16-3-4-16/h5,7,9-13,16,18,25,29,42H,3-4,6,8,14-15,36H2,1-2H3/t18-,25-,29-/m1/s1. The van der Waals surface area contributed by atoms with E-state index in [1.165, 1.54) is 0 Å². The van der Waals surface area contributed by atoms with Gasteiger partial charge in [-0.05, 0) is 73.9 Å². The first-order valence-corrected chi connectivity index (χ1v) is 15.0. The molecule has 0 spiro atoms. The predicted octanol–water partition coefficient (Wildman–Crippen LogP) is 5.22. The van der Waals surface area contributed by atoms with Gasteiger partial charge >= 0.3 is 0 Å². The van der Waals surface area contributed by atoms with Crippen molar-refractivity contribution in [1.29, 1.82) is 0 Å². The van der Waals surface area contributed by atoms with E-state index < -0.39 is 17.4 Å². The number of aryl methyl sites for hydroxylation is 1. The number of phenolic OH excluding ortho intramolecular Hbond substituents is 1. The molecule has 226 valence electrons. The third-order valence-corrected chi connectivity index (χ3v) is 9.74. The molecule has 2 aliphatic carbocycles. The summed E-state index contributed by atoms with van der Waals surface area (Å²) in [6.45, 7) is 1.37. The Balaban J connectivity index is 1.25. The molecule has 1 aliphatic heterocycles. The Morgan fingerprint density at radius 3 is 2.59 bits per heavy atom. The van der Waals surface area contributed by atoms with Gasteiger partial charge in [0.05, 0.1) is 24.0 Å². The zero-order chi connectivity index (χ0) is 30.4. The third kappa shape index (κ3) is 4.09. The lowest BCUT2D eigenvalue weighted by Crippen LogP contribution is -2.41. The maximum atomic E-state index is 14.8. The van der Waals surface area contributed by atoms with Gasteiger partial charge in [0.15, 0.2) is 17.4 Å². The topological polar surface area (TPSA) is 111 Å². The van der Waals surface area contributed by atoms with Crippen molar-refractivity contribution in [3.8, 4) is 34.3 Å². The van der Waals surface area contributed by atoms with Crippen LogP contribution in [0.2, 0.25) is 0 Å². The Morgan fingerprint density at radius 1 is 1.07 bits per heavy atom.